The Balaban J connectivity index is 1.46. The van der Waals surface area contributed by atoms with Gasteiger partial charge >= 0.3 is 0 Å². The van der Waals surface area contributed by atoms with Crippen molar-refractivity contribution in [1.29, 1.82) is 0 Å². The van der Waals surface area contributed by atoms with E-state index in [1.807, 2.05) is 0 Å². The molecule has 0 aromatic rings. The number of hydrogen-bond acceptors (Lipinski definition) is 2. The van der Waals surface area contributed by atoms with E-state index >= 15 is 0 Å². The van der Waals surface area contributed by atoms with Crippen LogP contribution in [0.5, 0.6) is 0 Å². The van der Waals surface area contributed by atoms with E-state index in [0.717, 1.165) is 24.5 Å². The summed E-state index contributed by atoms with van der Waals surface area (Å²) in [5.41, 5.74) is 0.499. The van der Waals surface area contributed by atoms with Crippen LogP contribution >= 0.6 is 0 Å². The summed E-state index contributed by atoms with van der Waals surface area (Å²) in [4.78, 5) is 0. The van der Waals surface area contributed by atoms with Gasteiger partial charge in [0.1, 0.15) is 0 Å². The molecule has 3 aliphatic carbocycles. The van der Waals surface area contributed by atoms with E-state index in [9.17, 15) is 0 Å². The van der Waals surface area contributed by atoms with Crippen molar-refractivity contribution in [1.82, 2.24) is 5.32 Å². The van der Waals surface area contributed by atoms with Crippen molar-refractivity contribution in [3.05, 3.63) is 0 Å². The van der Waals surface area contributed by atoms with Crippen LogP contribution in [0.15, 0.2) is 0 Å². The fourth-order valence-electron chi connectivity index (χ4n) is 4.65. The zero-order valence-electron chi connectivity index (χ0n) is 12.2. The third-order valence-corrected chi connectivity index (χ3v) is 6.04. The third kappa shape index (κ3) is 2.71. The predicted octanol–water partition coefficient (Wildman–Crippen LogP) is 3.50. The lowest BCUT2D eigenvalue weighted by Crippen LogP contribution is -2.43. The summed E-state index contributed by atoms with van der Waals surface area (Å²) in [6, 6.07) is 0.848. The van der Waals surface area contributed by atoms with Crippen LogP contribution in [0.25, 0.3) is 0 Å². The fourth-order valence-corrected chi connectivity index (χ4v) is 4.65. The van der Waals surface area contributed by atoms with Crippen molar-refractivity contribution < 1.29 is 4.74 Å². The van der Waals surface area contributed by atoms with Crippen LogP contribution in [-0.4, -0.2) is 25.3 Å². The van der Waals surface area contributed by atoms with Crippen molar-refractivity contribution >= 4 is 0 Å². The highest BCUT2D eigenvalue weighted by atomic mass is 16.5. The lowest BCUT2D eigenvalue weighted by Gasteiger charge is -2.37. The Morgan fingerprint density at radius 2 is 1.79 bits per heavy atom. The van der Waals surface area contributed by atoms with Gasteiger partial charge in [-0.25, -0.2) is 0 Å². The third-order valence-electron chi connectivity index (χ3n) is 6.04. The molecule has 4 aliphatic rings. The maximum absolute atomic E-state index is 6.22. The average Bonchev–Trinajstić information content (AvgIpc) is 3.34. The first kappa shape index (κ1) is 12.6. The predicted molar refractivity (Wildman–Crippen MR) is 77.1 cm³/mol. The summed E-state index contributed by atoms with van der Waals surface area (Å²) in [6.45, 7) is 2.27. The normalized spacial score (nSPS) is 40.1. The van der Waals surface area contributed by atoms with Gasteiger partial charge in [-0.2, -0.15) is 0 Å². The Labute approximate surface area is 117 Å². The molecule has 0 spiro atoms. The number of rotatable bonds is 6. The summed E-state index contributed by atoms with van der Waals surface area (Å²) in [5.74, 6) is 1.91. The van der Waals surface area contributed by atoms with Crippen LogP contribution in [0, 0.1) is 17.3 Å². The second-order valence-electron chi connectivity index (χ2n) is 7.75. The summed E-state index contributed by atoms with van der Waals surface area (Å²) < 4.78 is 6.22. The molecule has 0 radical (unpaired) electrons. The Bertz CT molecular complexity index is 317. The smallest absolute Gasteiger partial charge is 0.0672 e. The highest BCUT2D eigenvalue weighted by molar-refractivity contribution is 5.02. The summed E-state index contributed by atoms with van der Waals surface area (Å²) in [7, 11) is 0. The maximum Gasteiger partial charge on any atom is 0.0672 e. The molecule has 0 amide bonds. The van der Waals surface area contributed by atoms with Crippen molar-refractivity contribution in [3.8, 4) is 0 Å². The molecular weight excluding hydrogens is 234 g/mol. The molecule has 2 unspecified atom stereocenters. The van der Waals surface area contributed by atoms with E-state index in [1.54, 1.807) is 0 Å². The van der Waals surface area contributed by atoms with Gasteiger partial charge in [-0.3, -0.25) is 0 Å². The minimum absolute atomic E-state index is 0.499. The maximum atomic E-state index is 6.22. The van der Waals surface area contributed by atoms with Gasteiger partial charge in [0, 0.05) is 24.6 Å². The molecule has 1 heterocycles. The molecule has 0 bridgehead atoms. The molecule has 0 aromatic heterocycles. The highest BCUT2D eigenvalue weighted by Crippen LogP contribution is 2.52. The van der Waals surface area contributed by atoms with E-state index in [0.29, 0.717) is 11.5 Å². The molecule has 3 saturated carbocycles. The highest BCUT2D eigenvalue weighted by Gasteiger charge is 2.51. The topological polar surface area (TPSA) is 21.3 Å². The van der Waals surface area contributed by atoms with Crippen LogP contribution < -0.4 is 5.32 Å². The molecular formula is C17H29NO. The summed E-state index contributed by atoms with van der Waals surface area (Å²) in [6.07, 6.45) is 15.0. The molecule has 0 aromatic carbocycles. The van der Waals surface area contributed by atoms with Crippen molar-refractivity contribution in [3.63, 3.8) is 0 Å². The van der Waals surface area contributed by atoms with Gasteiger partial charge in [0.25, 0.3) is 0 Å². The van der Waals surface area contributed by atoms with Crippen molar-refractivity contribution in [2.75, 3.05) is 13.2 Å². The Kier molecular flexibility index (Phi) is 3.35. The first-order chi connectivity index (χ1) is 9.36. The van der Waals surface area contributed by atoms with Gasteiger partial charge in [0.2, 0.25) is 0 Å². The van der Waals surface area contributed by atoms with Gasteiger partial charge in [-0.05, 0) is 50.4 Å². The molecule has 108 valence electrons. The van der Waals surface area contributed by atoms with Crippen molar-refractivity contribution in [2.24, 2.45) is 17.3 Å². The van der Waals surface area contributed by atoms with E-state index in [4.69, 9.17) is 4.74 Å². The Morgan fingerprint density at radius 1 is 1.00 bits per heavy atom. The molecule has 1 aliphatic heterocycles. The van der Waals surface area contributed by atoms with Crippen LogP contribution in [-0.2, 0) is 4.74 Å². The molecule has 1 N–H and O–H groups in total. The minimum Gasteiger partial charge on any atom is -0.377 e. The van der Waals surface area contributed by atoms with E-state index in [2.05, 4.69) is 5.32 Å². The lowest BCUT2D eigenvalue weighted by molar-refractivity contribution is 0.0186. The Hall–Kier alpha value is -0.0800. The van der Waals surface area contributed by atoms with Crippen LogP contribution in [0.2, 0.25) is 0 Å². The van der Waals surface area contributed by atoms with Crippen LogP contribution in [0.4, 0.5) is 0 Å². The number of nitrogens with one attached hydrogen (secondary N) is 1. The quantitative estimate of drug-likeness (QED) is 0.792. The van der Waals surface area contributed by atoms with Gasteiger partial charge in [-0.1, -0.05) is 25.7 Å². The minimum atomic E-state index is 0.499. The monoisotopic (exact) mass is 263 g/mol. The standard InChI is InChI=1S/C17H29NO/c1-2-4-13(3-1)11-17(12-18-15-7-8-15)9-10-19-16(17)14-5-6-14/h13-16,18H,1-12H2. The zero-order chi connectivity index (χ0) is 12.7. The second-order valence-corrected chi connectivity index (χ2v) is 7.75. The van der Waals surface area contributed by atoms with Gasteiger partial charge < -0.3 is 10.1 Å². The lowest BCUT2D eigenvalue weighted by atomic mass is 9.72. The van der Waals surface area contributed by atoms with Gasteiger partial charge in [0.05, 0.1) is 6.10 Å². The first-order valence-corrected chi connectivity index (χ1v) is 8.71. The largest absolute Gasteiger partial charge is 0.377 e. The van der Waals surface area contributed by atoms with E-state index in [-0.39, 0.29) is 0 Å². The van der Waals surface area contributed by atoms with E-state index in [1.165, 1.54) is 70.8 Å². The first-order valence-electron chi connectivity index (χ1n) is 8.71. The summed E-state index contributed by atoms with van der Waals surface area (Å²) in [5, 5.41) is 3.85. The molecule has 4 fully saturated rings. The van der Waals surface area contributed by atoms with Crippen LogP contribution in [0.3, 0.4) is 0 Å². The average molecular weight is 263 g/mol. The number of hydrogen-bond donors (Lipinski definition) is 1. The second kappa shape index (κ2) is 5.04. The van der Waals surface area contributed by atoms with E-state index < -0.39 is 0 Å². The van der Waals surface area contributed by atoms with Gasteiger partial charge in [0.15, 0.2) is 0 Å². The summed E-state index contributed by atoms with van der Waals surface area (Å²) >= 11 is 0. The molecule has 4 rings (SSSR count). The number of ether oxygens (including phenoxy) is 1. The van der Waals surface area contributed by atoms with Crippen molar-refractivity contribution in [2.45, 2.75) is 76.4 Å². The van der Waals surface area contributed by atoms with Gasteiger partial charge in [-0.15, -0.1) is 0 Å². The SMILES string of the molecule is C1CCC(CC2(CNC3CC3)CCOC2C2CC2)C1. The van der Waals surface area contributed by atoms with Crippen LogP contribution in [0.1, 0.15) is 64.2 Å². The molecule has 2 nitrogen and oxygen atoms in total. The fraction of sp³-hybridized carbons (Fsp3) is 1.00. The molecule has 1 saturated heterocycles. The molecule has 2 atom stereocenters. The molecule has 19 heavy (non-hydrogen) atoms. The molecule has 2 heteroatoms. The zero-order valence-corrected chi connectivity index (χ0v) is 12.2. The Morgan fingerprint density at radius 3 is 2.47 bits per heavy atom.